The van der Waals surface area contributed by atoms with Gasteiger partial charge >= 0.3 is 10.2 Å². The first-order chi connectivity index (χ1) is 5.00. The molecular weight excluding hydrogens is 282 g/mol. The van der Waals surface area contributed by atoms with E-state index in [0.717, 1.165) is 0 Å². The molecule has 0 aromatic heterocycles. The van der Waals surface area contributed by atoms with Crippen molar-refractivity contribution in [1.29, 1.82) is 0 Å². The minimum absolute atomic E-state index is 0.288. The molecule has 0 spiro atoms. The van der Waals surface area contributed by atoms with Crippen LogP contribution in [-0.4, -0.2) is 8.42 Å². The molecule has 0 amide bonds. The van der Waals surface area contributed by atoms with Gasteiger partial charge in [-0.25, -0.2) is 0 Å². The molecule has 0 aliphatic rings. The lowest BCUT2D eigenvalue weighted by molar-refractivity contribution is 0.552. The summed E-state index contributed by atoms with van der Waals surface area (Å²) in [4.78, 5) is -0.288. The Hall–Kier alpha value is -0.170. The summed E-state index contributed by atoms with van der Waals surface area (Å²) >= 11 is 1.91. The smallest absolute Gasteiger partial charge is 0.189 e. The highest BCUT2D eigenvalue weighted by Crippen LogP contribution is 2.14. The topological polar surface area (TPSA) is 34.1 Å². The van der Waals surface area contributed by atoms with Gasteiger partial charge in [0.25, 0.3) is 0 Å². The second-order valence-corrected chi connectivity index (χ2v) is 4.49. The van der Waals surface area contributed by atoms with Gasteiger partial charge in [-0.2, -0.15) is 8.42 Å². The van der Waals surface area contributed by atoms with Crippen molar-refractivity contribution >= 4 is 32.8 Å². The Balaban J connectivity index is 3.28. The fraction of sp³-hybridized carbons (Fsp3) is 0. The highest BCUT2D eigenvalue weighted by molar-refractivity contribution is 14.1. The number of benzene rings is 1. The van der Waals surface area contributed by atoms with Gasteiger partial charge in [0.15, 0.2) is 0 Å². The summed E-state index contributed by atoms with van der Waals surface area (Å²) < 4.78 is 33.6. The monoisotopic (exact) mass is 286 g/mol. The van der Waals surface area contributed by atoms with Crippen molar-refractivity contribution in [2.45, 2.75) is 4.90 Å². The number of halogens is 2. The maximum Gasteiger partial charge on any atom is 0.332 e. The zero-order valence-electron chi connectivity index (χ0n) is 5.29. The minimum atomic E-state index is -4.53. The lowest BCUT2D eigenvalue weighted by Gasteiger charge is -1.93. The largest absolute Gasteiger partial charge is 0.332 e. The van der Waals surface area contributed by atoms with Crippen LogP contribution in [0.25, 0.3) is 0 Å². The fourth-order valence-electron chi connectivity index (χ4n) is 0.619. The van der Waals surface area contributed by atoms with Gasteiger partial charge in [-0.15, -0.1) is 3.89 Å². The van der Waals surface area contributed by atoms with Crippen molar-refractivity contribution in [3.8, 4) is 0 Å². The van der Waals surface area contributed by atoms with E-state index in [0.29, 0.717) is 3.57 Å². The Labute approximate surface area is 77.8 Å². The third kappa shape index (κ3) is 2.41. The van der Waals surface area contributed by atoms with Crippen LogP contribution in [0.5, 0.6) is 0 Å². The molecule has 0 atom stereocenters. The first-order valence-corrected chi connectivity index (χ1v) is 5.16. The molecule has 11 heavy (non-hydrogen) atoms. The van der Waals surface area contributed by atoms with Crippen LogP contribution in [0.3, 0.4) is 0 Å². The van der Waals surface area contributed by atoms with E-state index >= 15 is 0 Å². The molecule has 0 fully saturated rings. The first-order valence-electron chi connectivity index (χ1n) is 2.70. The maximum atomic E-state index is 12.3. The number of hydrogen-bond donors (Lipinski definition) is 0. The van der Waals surface area contributed by atoms with Gasteiger partial charge in [0, 0.05) is 3.57 Å². The predicted octanol–water partition coefficient (Wildman–Crippen LogP) is 1.95. The molecular formula is C6H4FIO2S. The molecule has 0 heterocycles. The summed E-state index contributed by atoms with van der Waals surface area (Å²) in [5, 5.41) is 0. The van der Waals surface area contributed by atoms with Crippen LogP contribution in [0.15, 0.2) is 29.2 Å². The minimum Gasteiger partial charge on any atom is -0.189 e. The van der Waals surface area contributed by atoms with Crippen LogP contribution in [-0.2, 0) is 10.2 Å². The van der Waals surface area contributed by atoms with Crippen LogP contribution in [0, 0.1) is 3.57 Å². The molecule has 1 rings (SSSR count). The normalized spacial score (nSPS) is 11.5. The van der Waals surface area contributed by atoms with Gasteiger partial charge in [-0.3, -0.25) is 0 Å². The van der Waals surface area contributed by atoms with Crippen LogP contribution in [0.2, 0.25) is 0 Å². The van der Waals surface area contributed by atoms with E-state index < -0.39 is 10.2 Å². The molecule has 1 aromatic rings. The standard InChI is InChI=1S/C6H4FIO2S/c7-11(9,10)6-3-1-2-5(8)4-6/h1-4H. The van der Waals surface area contributed by atoms with Crippen LogP contribution < -0.4 is 0 Å². The lowest BCUT2D eigenvalue weighted by Crippen LogP contribution is -1.91. The van der Waals surface area contributed by atoms with E-state index in [1.54, 1.807) is 6.07 Å². The number of rotatable bonds is 1. The molecule has 0 aliphatic carbocycles. The van der Waals surface area contributed by atoms with E-state index in [-0.39, 0.29) is 4.90 Å². The predicted molar refractivity (Wildman–Crippen MR) is 47.5 cm³/mol. The van der Waals surface area contributed by atoms with E-state index in [9.17, 15) is 12.3 Å². The zero-order valence-corrected chi connectivity index (χ0v) is 8.26. The van der Waals surface area contributed by atoms with Crippen molar-refractivity contribution < 1.29 is 12.3 Å². The lowest BCUT2D eigenvalue weighted by atomic mass is 10.4. The van der Waals surface area contributed by atoms with E-state index in [2.05, 4.69) is 0 Å². The molecule has 1 aromatic carbocycles. The van der Waals surface area contributed by atoms with E-state index in [1.807, 2.05) is 22.6 Å². The second kappa shape index (κ2) is 3.06. The summed E-state index contributed by atoms with van der Waals surface area (Å²) in [6.07, 6.45) is 0. The molecule has 5 heteroatoms. The highest BCUT2D eigenvalue weighted by atomic mass is 127. The van der Waals surface area contributed by atoms with Gasteiger partial charge in [-0.05, 0) is 40.8 Å². The highest BCUT2D eigenvalue weighted by Gasteiger charge is 2.10. The maximum absolute atomic E-state index is 12.3. The van der Waals surface area contributed by atoms with Crippen molar-refractivity contribution in [2.24, 2.45) is 0 Å². The van der Waals surface area contributed by atoms with Crippen molar-refractivity contribution in [3.63, 3.8) is 0 Å². The van der Waals surface area contributed by atoms with E-state index in [4.69, 9.17) is 0 Å². The molecule has 0 bridgehead atoms. The molecule has 0 saturated heterocycles. The summed E-state index contributed by atoms with van der Waals surface area (Å²) in [6.45, 7) is 0. The average molecular weight is 286 g/mol. The Morgan fingerprint density at radius 2 is 2.00 bits per heavy atom. The van der Waals surface area contributed by atoms with Crippen LogP contribution in [0.1, 0.15) is 0 Å². The molecule has 2 nitrogen and oxygen atoms in total. The second-order valence-electron chi connectivity index (χ2n) is 1.90. The fourth-order valence-corrected chi connectivity index (χ4v) is 1.88. The van der Waals surface area contributed by atoms with Gasteiger partial charge in [0.2, 0.25) is 0 Å². The van der Waals surface area contributed by atoms with Gasteiger partial charge in [0.1, 0.15) is 0 Å². The van der Waals surface area contributed by atoms with Crippen LogP contribution in [0.4, 0.5) is 3.89 Å². The Kier molecular flexibility index (Phi) is 2.48. The average Bonchev–Trinajstić information content (AvgIpc) is 1.86. The van der Waals surface area contributed by atoms with Gasteiger partial charge in [-0.1, -0.05) is 6.07 Å². The van der Waals surface area contributed by atoms with E-state index in [1.165, 1.54) is 18.2 Å². The molecule has 0 radical (unpaired) electrons. The molecule has 0 saturated carbocycles. The molecule has 0 unspecified atom stereocenters. The molecule has 0 aliphatic heterocycles. The Morgan fingerprint density at radius 3 is 2.36 bits per heavy atom. The van der Waals surface area contributed by atoms with Gasteiger partial charge < -0.3 is 0 Å². The van der Waals surface area contributed by atoms with Gasteiger partial charge in [0.05, 0.1) is 4.90 Å². The Morgan fingerprint density at radius 1 is 1.36 bits per heavy atom. The third-order valence-corrected chi connectivity index (χ3v) is 2.57. The first kappa shape index (κ1) is 8.92. The van der Waals surface area contributed by atoms with Crippen molar-refractivity contribution in [2.75, 3.05) is 0 Å². The van der Waals surface area contributed by atoms with Crippen LogP contribution >= 0.6 is 22.6 Å². The number of hydrogen-bond acceptors (Lipinski definition) is 2. The zero-order chi connectivity index (χ0) is 8.48. The summed E-state index contributed by atoms with van der Waals surface area (Å²) in [6, 6.07) is 5.68. The molecule has 60 valence electrons. The summed E-state index contributed by atoms with van der Waals surface area (Å²) in [5.41, 5.74) is 0. The SMILES string of the molecule is O=S(=O)(F)c1cccc(I)c1. The summed E-state index contributed by atoms with van der Waals surface area (Å²) in [7, 11) is -4.53. The Bertz CT molecular complexity index is 361. The van der Waals surface area contributed by atoms with Crippen molar-refractivity contribution in [3.05, 3.63) is 27.8 Å². The van der Waals surface area contributed by atoms with Crippen molar-refractivity contribution in [1.82, 2.24) is 0 Å². The third-order valence-electron chi connectivity index (χ3n) is 1.08. The quantitative estimate of drug-likeness (QED) is 0.584. The summed E-state index contributed by atoms with van der Waals surface area (Å²) in [5.74, 6) is 0. The molecule has 0 N–H and O–H groups in total.